The minimum atomic E-state index is -1.01. The number of anilines is 1. The SMILES string of the molecule is O=C(O)c1ccc(N2C(=O)c3[nH]nc(-c4ccccc4)c3[C@@H]2c2cccnc2)cc1. The molecule has 2 aromatic carbocycles. The number of carbonyl (C=O) groups is 2. The molecular weight excluding hydrogens is 380 g/mol. The lowest BCUT2D eigenvalue weighted by molar-refractivity contribution is 0.0696. The van der Waals surface area contributed by atoms with Crippen LogP contribution in [0.3, 0.4) is 0 Å². The Labute approximate surface area is 171 Å². The fourth-order valence-corrected chi connectivity index (χ4v) is 3.85. The fraction of sp³-hybridized carbons (Fsp3) is 0.0435. The van der Waals surface area contributed by atoms with Crippen LogP contribution in [0.1, 0.15) is 38.0 Å². The van der Waals surface area contributed by atoms with E-state index in [1.165, 1.54) is 12.1 Å². The summed E-state index contributed by atoms with van der Waals surface area (Å²) in [5, 5.41) is 16.5. The average Bonchev–Trinajstić information content (AvgIpc) is 3.34. The first kappa shape index (κ1) is 17.8. The summed E-state index contributed by atoms with van der Waals surface area (Å²) in [6.07, 6.45) is 3.41. The Bertz CT molecular complexity index is 1230. The zero-order valence-corrected chi connectivity index (χ0v) is 15.7. The molecule has 1 aliphatic rings. The van der Waals surface area contributed by atoms with Gasteiger partial charge in [-0.2, -0.15) is 5.10 Å². The molecule has 7 nitrogen and oxygen atoms in total. The second-order valence-electron chi connectivity index (χ2n) is 6.94. The molecule has 0 fully saturated rings. The number of H-pyrrole nitrogens is 1. The molecule has 0 spiro atoms. The van der Waals surface area contributed by atoms with Crippen molar-refractivity contribution in [3.63, 3.8) is 0 Å². The van der Waals surface area contributed by atoms with Crippen LogP contribution in [0, 0.1) is 0 Å². The second kappa shape index (κ2) is 6.97. The van der Waals surface area contributed by atoms with Crippen LogP contribution in [0.15, 0.2) is 79.1 Å². The van der Waals surface area contributed by atoms with Crippen LogP contribution in [0.25, 0.3) is 11.3 Å². The molecule has 7 heteroatoms. The highest BCUT2D eigenvalue weighted by Gasteiger charge is 2.43. The van der Waals surface area contributed by atoms with Gasteiger partial charge in [-0.3, -0.25) is 19.8 Å². The van der Waals surface area contributed by atoms with E-state index in [1.807, 2.05) is 42.5 Å². The molecule has 1 atom stereocenters. The third-order valence-corrected chi connectivity index (χ3v) is 5.21. The Morgan fingerprint density at radius 3 is 2.43 bits per heavy atom. The summed E-state index contributed by atoms with van der Waals surface area (Å²) in [5.74, 6) is -1.24. The van der Waals surface area contributed by atoms with Gasteiger partial charge in [-0.1, -0.05) is 36.4 Å². The van der Waals surface area contributed by atoms with Gasteiger partial charge < -0.3 is 5.11 Å². The Hall–Kier alpha value is -4.26. The Kier molecular flexibility index (Phi) is 4.14. The molecule has 146 valence electrons. The van der Waals surface area contributed by atoms with E-state index in [1.54, 1.807) is 29.4 Å². The smallest absolute Gasteiger partial charge is 0.335 e. The van der Waals surface area contributed by atoms with E-state index in [-0.39, 0.29) is 11.5 Å². The zero-order valence-electron chi connectivity index (χ0n) is 15.7. The third kappa shape index (κ3) is 2.76. The number of hydrogen-bond donors (Lipinski definition) is 2. The second-order valence-corrected chi connectivity index (χ2v) is 6.94. The molecule has 0 radical (unpaired) electrons. The average molecular weight is 396 g/mol. The molecule has 2 aromatic heterocycles. The number of carboxylic acids is 1. The molecule has 2 N–H and O–H groups in total. The van der Waals surface area contributed by atoms with Crippen LogP contribution in [-0.4, -0.2) is 32.2 Å². The van der Waals surface area contributed by atoms with Gasteiger partial charge in [0.1, 0.15) is 5.69 Å². The lowest BCUT2D eigenvalue weighted by Gasteiger charge is -2.26. The van der Waals surface area contributed by atoms with Crippen molar-refractivity contribution in [2.75, 3.05) is 4.90 Å². The van der Waals surface area contributed by atoms with Crippen molar-refractivity contribution in [2.45, 2.75) is 6.04 Å². The van der Waals surface area contributed by atoms with E-state index < -0.39 is 12.0 Å². The Morgan fingerprint density at radius 2 is 1.77 bits per heavy atom. The maximum atomic E-state index is 13.4. The van der Waals surface area contributed by atoms with E-state index in [2.05, 4.69) is 15.2 Å². The number of benzene rings is 2. The highest BCUT2D eigenvalue weighted by Crippen LogP contribution is 2.44. The van der Waals surface area contributed by atoms with E-state index in [9.17, 15) is 14.7 Å². The fourth-order valence-electron chi connectivity index (χ4n) is 3.85. The van der Waals surface area contributed by atoms with Gasteiger partial charge >= 0.3 is 5.97 Å². The number of aromatic nitrogens is 3. The van der Waals surface area contributed by atoms with Gasteiger partial charge in [0.2, 0.25) is 0 Å². The monoisotopic (exact) mass is 396 g/mol. The first-order chi connectivity index (χ1) is 14.6. The number of rotatable bonds is 4. The Balaban J connectivity index is 1.69. The van der Waals surface area contributed by atoms with Gasteiger partial charge in [-0.25, -0.2) is 4.79 Å². The number of aromatic amines is 1. The third-order valence-electron chi connectivity index (χ3n) is 5.21. The minimum Gasteiger partial charge on any atom is -0.478 e. The van der Waals surface area contributed by atoms with Crippen LogP contribution in [0.5, 0.6) is 0 Å². The number of nitrogens with one attached hydrogen (secondary N) is 1. The molecule has 0 bridgehead atoms. The van der Waals surface area contributed by atoms with Crippen LogP contribution < -0.4 is 4.90 Å². The molecule has 1 amide bonds. The van der Waals surface area contributed by atoms with E-state index in [4.69, 9.17) is 0 Å². The molecule has 0 saturated carbocycles. The largest absolute Gasteiger partial charge is 0.478 e. The summed E-state index contributed by atoms with van der Waals surface area (Å²) in [7, 11) is 0. The van der Waals surface area contributed by atoms with Crippen molar-refractivity contribution < 1.29 is 14.7 Å². The van der Waals surface area contributed by atoms with Crippen molar-refractivity contribution in [1.82, 2.24) is 15.2 Å². The number of aromatic carboxylic acids is 1. The number of hydrogen-bond acceptors (Lipinski definition) is 4. The summed E-state index contributed by atoms with van der Waals surface area (Å²) < 4.78 is 0. The van der Waals surface area contributed by atoms with Gasteiger partial charge in [-0.15, -0.1) is 0 Å². The number of carboxylic acid groups (broad SMARTS) is 1. The predicted octanol–water partition coefficient (Wildman–Crippen LogP) is 3.92. The van der Waals surface area contributed by atoms with Crippen molar-refractivity contribution >= 4 is 17.6 Å². The van der Waals surface area contributed by atoms with Crippen LogP contribution >= 0.6 is 0 Å². The summed E-state index contributed by atoms with van der Waals surface area (Å²) in [4.78, 5) is 30.5. The highest BCUT2D eigenvalue weighted by atomic mass is 16.4. The zero-order chi connectivity index (χ0) is 20.7. The van der Waals surface area contributed by atoms with Gasteiger partial charge in [0.15, 0.2) is 0 Å². The lowest BCUT2D eigenvalue weighted by Crippen LogP contribution is -2.29. The molecule has 0 unspecified atom stereocenters. The maximum absolute atomic E-state index is 13.4. The van der Waals surface area contributed by atoms with Gasteiger partial charge in [0.05, 0.1) is 17.3 Å². The number of pyridine rings is 1. The molecule has 30 heavy (non-hydrogen) atoms. The van der Waals surface area contributed by atoms with Gasteiger partial charge in [-0.05, 0) is 35.9 Å². The maximum Gasteiger partial charge on any atom is 0.335 e. The van der Waals surface area contributed by atoms with E-state index >= 15 is 0 Å². The minimum absolute atomic E-state index is 0.161. The van der Waals surface area contributed by atoms with Crippen molar-refractivity contribution in [1.29, 1.82) is 0 Å². The molecular formula is C23H16N4O3. The van der Waals surface area contributed by atoms with Crippen LogP contribution in [0.2, 0.25) is 0 Å². The van der Waals surface area contributed by atoms with Crippen LogP contribution in [-0.2, 0) is 0 Å². The first-order valence-corrected chi connectivity index (χ1v) is 9.35. The standard InChI is InChI=1S/C23H16N4O3/c28-22-20-18(19(25-26-20)14-5-2-1-3-6-14)21(16-7-4-12-24-13-16)27(22)17-10-8-15(9-11-17)23(29)30/h1-13,21H,(H,25,26)(H,29,30)/t21-/m0/s1. The topological polar surface area (TPSA) is 99.2 Å². The summed E-state index contributed by atoms with van der Waals surface area (Å²) in [6.45, 7) is 0. The van der Waals surface area contributed by atoms with Crippen molar-refractivity contribution in [3.05, 3.63) is 102 Å². The van der Waals surface area contributed by atoms with Crippen molar-refractivity contribution in [2.24, 2.45) is 0 Å². The van der Waals surface area contributed by atoms with Gasteiger partial charge in [0.25, 0.3) is 5.91 Å². The predicted molar refractivity (Wildman–Crippen MR) is 110 cm³/mol. The number of nitrogens with zero attached hydrogens (tertiary/aromatic N) is 3. The van der Waals surface area contributed by atoms with E-state index in [0.29, 0.717) is 17.1 Å². The van der Waals surface area contributed by atoms with Crippen molar-refractivity contribution in [3.8, 4) is 11.3 Å². The number of fused-ring (bicyclic) bond motifs is 1. The highest BCUT2D eigenvalue weighted by molar-refractivity contribution is 6.11. The summed E-state index contributed by atoms with van der Waals surface area (Å²) in [5.41, 5.74) is 4.41. The molecule has 3 heterocycles. The Morgan fingerprint density at radius 1 is 1.00 bits per heavy atom. The van der Waals surface area contributed by atoms with Gasteiger partial charge in [0, 0.05) is 29.2 Å². The molecule has 5 rings (SSSR count). The molecule has 0 saturated heterocycles. The lowest BCUT2D eigenvalue weighted by atomic mass is 9.97. The van der Waals surface area contributed by atoms with E-state index in [0.717, 1.165) is 16.7 Å². The number of carbonyl (C=O) groups excluding carboxylic acids is 1. The summed E-state index contributed by atoms with van der Waals surface area (Å²) >= 11 is 0. The summed E-state index contributed by atoms with van der Waals surface area (Å²) in [6, 6.07) is 19.3. The normalized spacial score (nSPS) is 15.3. The number of amides is 1. The quantitative estimate of drug-likeness (QED) is 0.545. The molecule has 1 aliphatic heterocycles. The molecule has 4 aromatic rings. The molecule has 0 aliphatic carbocycles. The van der Waals surface area contributed by atoms with Crippen LogP contribution in [0.4, 0.5) is 5.69 Å². The first-order valence-electron chi connectivity index (χ1n) is 9.35.